The molecular formula is C8H15NO3S. The summed E-state index contributed by atoms with van der Waals surface area (Å²) in [4.78, 5) is 10.8. The summed E-state index contributed by atoms with van der Waals surface area (Å²) < 4.78 is 19.0. The first kappa shape index (κ1) is 12.3. The molecule has 5 heteroatoms. The van der Waals surface area contributed by atoms with Crippen molar-refractivity contribution in [2.75, 3.05) is 6.61 Å². The maximum Gasteiger partial charge on any atom is 0.350 e. The van der Waals surface area contributed by atoms with Gasteiger partial charge in [-0.15, -0.1) is 0 Å². The van der Waals surface area contributed by atoms with Crippen molar-refractivity contribution in [3.8, 4) is 0 Å². The van der Waals surface area contributed by atoms with E-state index in [1.54, 1.807) is 27.7 Å². The van der Waals surface area contributed by atoms with E-state index < -0.39 is 21.7 Å². The number of carbonyl (C=O) groups excluding carboxylic acids is 1. The lowest BCUT2D eigenvalue weighted by molar-refractivity contribution is -0.134. The van der Waals surface area contributed by atoms with Gasteiger partial charge in [-0.25, -0.2) is 9.00 Å². The second kappa shape index (κ2) is 5.11. The van der Waals surface area contributed by atoms with Crippen LogP contribution in [-0.4, -0.2) is 27.7 Å². The molecule has 13 heavy (non-hydrogen) atoms. The van der Waals surface area contributed by atoms with Gasteiger partial charge in [0.2, 0.25) is 0 Å². The van der Waals surface area contributed by atoms with Gasteiger partial charge in [-0.2, -0.15) is 4.40 Å². The van der Waals surface area contributed by atoms with Gasteiger partial charge in [0.15, 0.2) is 0 Å². The molecule has 0 aromatic carbocycles. The van der Waals surface area contributed by atoms with Gasteiger partial charge in [0.05, 0.1) is 11.4 Å². The summed E-state index contributed by atoms with van der Waals surface area (Å²) in [6.45, 7) is 7.35. The molecule has 0 saturated carbocycles. The Kier molecular flexibility index (Phi) is 4.83. The highest BCUT2D eigenvalue weighted by atomic mass is 32.2. The van der Waals surface area contributed by atoms with Crippen molar-refractivity contribution in [1.29, 1.82) is 0 Å². The fourth-order valence-corrected chi connectivity index (χ4v) is 0.927. The normalized spacial score (nSPS) is 14.5. The molecule has 0 spiro atoms. The quantitative estimate of drug-likeness (QED) is 0.512. The van der Waals surface area contributed by atoms with Gasteiger partial charge >= 0.3 is 5.97 Å². The minimum Gasteiger partial charge on any atom is -0.462 e. The largest absolute Gasteiger partial charge is 0.462 e. The second-order valence-electron chi connectivity index (χ2n) is 3.35. The van der Waals surface area contributed by atoms with E-state index in [0.29, 0.717) is 6.61 Å². The number of nitrogens with zero attached hydrogens (tertiary/aromatic N) is 1. The molecule has 0 heterocycles. The molecule has 0 radical (unpaired) electrons. The Bertz CT molecular complexity index is 230. The Labute approximate surface area is 81.0 Å². The van der Waals surface area contributed by atoms with Crippen molar-refractivity contribution in [3.05, 3.63) is 0 Å². The van der Waals surface area contributed by atoms with E-state index in [0.717, 1.165) is 6.21 Å². The third-order valence-corrected chi connectivity index (χ3v) is 2.41. The van der Waals surface area contributed by atoms with Gasteiger partial charge in [-0.3, -0.25) is 0 Å². The van der Waals surface area contributed by atoms with Crippen LogP contribution in [0, 0.1) is 0 Å². The van der Waals surface area contributed by atoms with Gasteiger partial charge in [0.25, 0.3) is 0 Å². The lowest BCUT2D eigenvalue weighted by atomic mass is 10.3. The number of carbonyl (C=O) groups is 1. The van der Waals surface area contributed by atoms with Gasteiger partial charge in [-0.05, 0) is 27.7 Å². The van der Waals surface area contributed by atoms with E-state index in [-0.39, 0.29) is 0 Å². The maximum absolute atomic E-state index is 11.3. The number of rotatable bonds is 3. The SMILES string of the molecule is CCOC(=O)C=N[S@@](=O)C(C)(C)C. The van der Waals surface area contributed by atoms with E-state index in [2.05, 4.69) is 9.13 Å². The first-order chi connectivity index (χ1) is 5.88. The summed E-state index contributed by atoms with van der Waals surface area (Å²) in [5.74, 6) is -0.555. The van der Waals surface area contributed by atoms with Crippen LogP contribution in [0.5, 0.6) is 0 Å². The zero-order chi connectivity index (χ0) is 10.5. The van der Waals surface area contributed by atoms with E-state index in [9.17, 15) is 9.00 Å². The molecule has 0 N–H and O–H groups in total. The third kappa shape index (κ3) is 5.52. The van der Waals surface area contributed by atoms with Crippen LogP contribution in [0.4, 0.5) is 0 Å². The standard InChI is InChI=1S/C8H15NO3S/c1-5-12-7(10)6-9-13(11)8(2,3)4/h6H,5H2,1-4H3/t13-/m0/s1. The third-order valence-electron chi connectivity index (χ3n) is 1.06. The molecule has 0 aromatic heterocycles. The summed E-state index contributed by atoms with van der Waals surface area (Å²) in [7, 11) is -1.39. The Morgan fingerprint density at radius 2 is 2.08 bits per heavy atom. The Balaban J connectivity index is 4.13. The fraction of sp³-hybridized carbons (Fsp3) is 0.750. The number of ether oxygens (including phenoxy) is 1. The van der Waals surface area contributed by atoms with Crippen LogP contribution < -0.4 is 0 Å². The van der Waals surface area contributed by atoms with E-state index >= 15 is 0 Å². The van der Waals surface area contributed by atoms with Gasteiger partial charge in [0.1, 0.15) is 17.2 Å². The van der Waals surface area contributed by atoms with Crippen LogP contribution in [0.1, 0.15) is 27.7 Å². The highest BCUT2D eigenvalue weighted by Gasteiger charge is 2.18. The molecule has 0 saturated heterocycles. The summed E-state index contributed by atoms with van der Waals surface area (Å²) in [5.41, 5.74) is 0. The molecule has 0 aliphatic rings. The van der Waals surface area contributed by atoms with E-state index in [4.69, 9.17) is 0 Å². The Hall–Kier alpha value is -0.710. The highest BCUT2D eigenvalue weighted by Crippen LogP contribution is 2.11. The lowest BCUT2D eigenvalue weighted by Crippen LogP contribution is -2.20. The van der Waals surface area contributed by atoms with Crippen LogP contribution in [-0.2, 0) is 20.5 Å². The molecule has 0 amide bonds. The monoisotopic (exact) mass is 205 g/mol. The van der Waals surface area contributed by atoms with Crippen molar-refractivity contribution in [1.82, 2.24) is 0 Å². The topological polar surface area (TPSA) is 55.7 Å². The van der Waals surface area contributed by atoms with Crippen molar-refractivity contribution in [3.63, 3.8) is 0 Å². The summed E-state index contributed by atoms with van der Waals surface area (Å²) in [5, 5.41) is 0. The fourth-order valence-electron chi connectivity index (χ4n) is 0.429. The second-order valence-corrected chi connectivity index (χ2v) is 5.28. The summed E-state index contributed by atoms with van der Waals surface area (Å²) >= 11 is 0. The average molecular weight is 205 g/mol. The first-order valence-electron chi connectivity index (χ1n) is 4.00. The molecule has 0 bridgehead atoms. The molecular weight excluding hydrogens is 190 g/mol. The van der Waals surface area contributed by atoms with Gasteiger partial charge in [0, 0.05) is 0 Å². The predicted octanol–water partition coefficient (Wildman–Crippen LogP) is 1.08. The first-order valence-corrected chi connectivity index (χ1v) is 5.11. The maximum atomic E-state index is 11.3. The van der Waals surface area contributed by atoms with Crippen molar-refractivity contribution in [2.45, 2.75) is 32.4 Å². The Morgan fingerprint density at radius 3 is 2.46 bits per heavy atom. The molecule has 0 aromatic rings. The zero-order valence-corrected chi connectivity index (χ0v) is 9.18. The molecule has 0 fully saturated rings. The van der Waals surface area contributed by atoms with Crippen molar-refractivity contribution >= 4 is 23.2 Å². The molecule has 0 rings (SSSR count). The molecule has 0 aliphatic heterocycles. The molecule has 1 atom stereocenters. The minimum absolute atomic E-state index is 0.299. The number of hydrogen-bond acceptors (Lipinski definition) is 3. The predicted molar refractivity (Wildman–Crippen MR) is 53.0 cm³/mol. The van der Waals surface area contributed by atoms with Gasteiger partial charge < -0.3 is 4.74 Å². The smallest absolute Gasteiger partial charge is 0.350 e. The molecule has 0 unspecified atom stereocenters. The Morgan fingerprint density at radius 1 is 1.54 bits per heavy atom. The van der Waals surface area contributed by atoms with Crippen molar-refractivity contribution < 1.29 is 13.7 Å². The van der Waals surface area contributed by atoms with E-state index in [1.165, 1.54) is 0 Å². The van der Waals surface area contributed by atoms with Crippen LogP contribution in [0.3, 0.4) is 0 Å². The van der Waals surface area contributed by atoms with Crippen molar-refractivity contribution in [2.24, 2.45) is 4.40 Å². The van der Waals surface area contributed by atoms with Crippen LogP contribution in [0.25, 0.3) is 0 Å². The minimum atomic E-state index is -1.39. The summed E-state index contributed by atoms with van der Waals surface area (Å²) in [6, 6.07) is 0. The number of esters is 1. The van der Waals surface area contributed by atoms with Crippen LogP contribution >= 0.6 is 0 Å². The lowest BCUT2D eigenvalue weighted by Gasteiger charge is -2.12. The van der Waals surface area contributed by atoms with Crippen LogP contribution in [0.2, 0.25) is 0 Å². The summed E-state index contributed by atoms with van der Waals surface area (Å²) in [6.07, 6.45) is 0.963. The number of hydrogen-bond donors (Lipinski definition) is 0. The zero-order valence-electron chi connectivity index (χ0n) is 8.36. The molecule has 76 valence electrons. The molecule has 4 nitrogen and oxygen atoms in total. The van der Waals surface area contributed by atoms with Gasteiger partial charge in [-0.1, -0.05) is 0 Å². The average Bonchev–Trinajstić information content (AvgIpc) is 1.99. The molecule has 0 aliphatic carbocycles. The van der Waals surface area contributed by atoms with E-state index in [1.807, 2.05) is 0 Å². The highest BCUT2D eigenvalue weighted by molar-refractivity contribution is 7.85. The van der Waals surface area contributed by atoms with Crippen LogP contribution in [0.15, 0.2) is 4.40 Å².